The Bertz CT molecular complexity index is 657. The highest BCUT2D eigenvalue weighted by molar-refractivity contribution is 5.95. The molecule has 24 heavy (non-hydrogen) atoms. The number of aliphatic hydroxyl groups is 1. The van der Waals surface area contributed by atoms with Gasteiger partial charge in [-0.25, -0.2) is 0 Å². The monoisotopic (exact) mass is 332 g/mol. The van der Waals surface area contributed by atoms with Crippen molar-refractivity contribution in [1.29, 1.82) is 0 Å². The van der Waals surface area contributed by atoms with Gasteiger partial charge in [0, 0.05) is 12.5 Å². The van der Waals surface area contributed by atoms with E-state index in [1.807, 2.05) is 4.68 Å². The normalized spacial score (nSPS) is 18.8. The predicted octanol–water partition coefficient (Wildman–Crippen LogP) is 0.660. The third-order valence-electron chi connectivity index (χ3n) is 4.56. The van der Waals surface area contributed by atoms with Crippen LogP contribution in [0.4, 0.5) is 0 Å². The third kappa shape index (κ3) is 3.21. The molecule has 1 aliphatic carbocycles. The molecule has 130 valence electrons. The van der Waals surface area contributed by atoms with Gasteiger partial charge in [-0.05, 0) is 25.3 Å². The van der Waals surface area contributed by atoms with Gasteiger partial charge in [-0.15, -0.1) is 0 Å². The predicted molar refractivity (Wildman–Crippen MR) is 88.6 cm³/mol. The Morgan fingerprint density at radius 1 is 1.50 bits per heavy atom. The number of aromatic nitrogens is 2. The second kappa shape index (κ2) is 6.39. The molecular weight excluding hydrogens is 308 g/mol. The van der Waals surface area contributed by atoms with E-state index >= 15 is 0 Å². The highest BCUT2D eigenvalue weighted by Gasteiger charge is 2.43. The maximum absolute atomic E-state index is 12.5. The van der Waals surface area contributed by atoms with Crippen LogP contribution in [0.1, 0.15) is 48.2 Å². The molecule has 7 nitrogen and oxygen atoms in total. The van der Waals surface area contributed by atoms with E-state index in [1.165, 1.54) is 11.0 Å². The largest absolute Gasteiger partial charge is 0.384 e. The maximum Gasteiger partial charge on any atom is 0.254 e. The molecule has 2 fully saturated rings. The molecule has 0 atom stereocenters. The van der Waals surface area contributed by atoms with Crippen LogP contribution in [0.3, 0.4) is 0 Å². The van der Waals surface area contributed by atoms with Crippen LogP contribution in [0, 0.1) is 0 Å². The topological polar surface area (TPSA) is 87.5 Å². The number of likely N-dealkylation sites (tertiary alicyclic amines) is 1. The summed E-state index contributed by atoms with van der Waals surface area (Å²) in [5, 5.41) is 17.5. The Hall–Kier alpha value is -2.15. The first kappa shape index (κ1) is 16.7. The van der Waals surface area contributed by atoms with Gasteiger partial charge in [-0.2, -0.15) is 5.10 Å². The lowest BCUT2D eigenvalue weighted by atomic mass is 9.94. The third-order valence-corrected chi connectivity index (χ3v) is 4.56. The van der Waals surface area contributed by atoms with Crippen LogP contribution in [0.2, 0.25) is 0 Å². The summed E-state index contributed by atoms with van der Waals surface area (Å²) in [6.45, 7) is 6.86. The summed E-state index contributed by atoms with van der Waals surface area (Å²) in [5.41, 5.74) is 0.555. The van der Waals surface area contributed by atoms with E-state index in [-0.39, 0.29) is 31.4 Å². The second-order valence-corrected chi connectivity index (χ2v) is 6.75. The Labute approximate surface area is 141 Å². The number of hydrogen-bond acceptors (Lipinski definition) is 4. The number of β-amino-alcohol motifs (C(OH)–C–C–N with tert-alkyl or cyclic N) is 1. The maximum atomic E-state index is 12.5. The van der Waals surface area contributed by atoms with Gasteiger partial charge in [0.25, 0.3) is 5.91 Å². The fraction of sp³-hybridized carbons (Fsp3) is 0.588. The fourth-order valence-corrected chi connectivity index (χ4v) is 3.15. The van der Waals surface area contributed by atoms with Crippen molar-refractivity contribution in [1.82, 2.24) is 20.0 Å². The highest BCUT2D eigenvalue weighted by Crippen LogP contribution is 2.41. The SMILES string of the molecule is C=CC(=O)N1CC(O)(CNC(=O)c2cnn(CCC)c2C2CC2)C1. The van der Waals surface area contributed by atoms with Crippen LogP contribution in [0.15, 0.2) is 18.9 Å². The zero-order chi connectivity index (χ0) is 17.3. The number of carbonyl (C=O) groups excluding carboxylic acids is 2. The van der Waals surface area contributed by atoms with Crippen molar-refractivity contribution in [3.8, 4) is 0 Å². The van der Waals surface area contributed by atoms with Crippen LogP contribution in [0.5, 0.6) is 0 Å². The lowest BCUT2D eigenvalue weighted by Gasteiger charge is -2.46. The first-order chi connectivity index (χ1) is 11.5. The molecule has 2 amide bonds. The molecule has 1 aromatic heterocycles. The first-order valence-corrected chi connectivity index (χ1v) is 8.45. The van der Waals surface area contributed by atoms with Crippen molar-refractivity contribution in [3.63, 3.8) is 0 Å². The van der Waals surface area contributed by atoms with Gasteiger partial charge in [0.05, 0.1) is 37.1 Å². The quantitative estimate of drug-likeness (QED) is 0.718. The lowest BCUT2D eigenvalue weighted by Crippen LogP contribution is -2.67. The van der Waals surface area contributed by atoms with Crippen LogP contribution >= 0.6 is 0 Å². The Morgan fingerprint density at radius 3 is 2.79 bits per heavy atom. The molecule has 3 rings (SSSR count). The Kier molecular flexibility index (Phi) is 4.45. The summed E-state index contributed by atoms with van der Waals surface area (Å²) in [5.74, 6) is 0.0105. The van der Waals surface area contributed by atoms with Crippen molar-refractivity contribution in [3.05, 3.63) is 30.1 Å². The average molecular weight is 332 g/mol. The molecule has 0 spiro atoms. The molecule has 2 aliphatic rings. The van der Waals surface area contributed by atoms with Gasteiger partial charge < -0.3 is 15.3 Å². The van der Waals surface area contributed by atoms with Gasteiger partial charge in [0.15, 0.2) is 0 Å². The van der Waals surface area contributed by atoms with E-state index in [4.69, 9.17) is 0 Å². The van der Waals surface area contributed by atoms with Crippen molar-refractivity contribution in [2.24, 2.45) is 0 Å². The summed E-state index contributed by atoms with van der Waals surface area (Å²) in [6.07, 6.45) is 6.01. The van der Waals surface area contributed by atoms with Gasteiger partial charge in [0.2, 0.25) is 5.91 Å². The number of nitrogens with zero attached hydrogens (tertiary/aromatic N) is 3. The summed E-state index contributed by atoms with van der Waals surface area (Å²) in [6, 6.07) is 0. The molecular formula is C17H24N4O3. The van der Waals surface area contributed by atoms with Crippen LogP contribution in [-0.4, -0.2) is 56.8 Å². The smallest absolute Gasteiger partial charge is 0.254 e. The first-order valence-electron chi connectivity index (χ1n) is 8.45. The Morgan fingerprint density at radius 2 is 2.21 bits per heavy atom. The molecule has 1 saturated heterocycles. The molecule has 1 aromatic rings. The number of hydrogen-bond donors (Lipinski definition) is 2. The standard InChI is InChI=1S/C17H24N4O3/c1-3-7-21-15(12-5-6-12)13(8-19-21)16(23)18-9-17(24)10-20(11-17)14(22)4-2/h4,8,12,24H,2-3,5-7,9-11H2,1H3,(H,18,23). The molecule has 0 unspecified atom stereocenters. The second-order valence-electron chi connectivity index (χ2n) is 6.75. The van der Waals surface area contributed by atoms with E-state index in [9.17, 15) is 14.7 Å². The van der Waals surface area contributed by atoms with Crippen LogP contribution in [0.25, 0.3) is 0 Å². The van der Waals surface area contributed by atoms with E-state index in [1.54, 1.807) is 6.20 Å². The van der Waals surface area contributed by atoms with Gasteiger partial charge >= 0.3 is 0 Å². The molecule has 1 aliphatic heterocycles. The van der Waals surface area contributed by atoms with Crippen molar-refractivity contribution < 1.29 is 14.7 Å². The zero-order valence-electron chi connectivity index (χ0n) is 14.0. The Balaban J connectivity index is 1.60. The van der Waals surface area contributed by atoms with Crippen LogP contribution < -0.4 is 5.32 Å². The van der Waals surface area contributed by atoms with E-state index in [0.29, 0.717) is 11.5 Å². The molecule has 7 heteroatoms. The lowest BCUT2D eigenvalue weighted by molar-refractivity contribution is -0.148. The van der Waals surface area contributed by atoms with E-state index < -0.39 is 5.60 Å². The highest BCUT2D eigenvalue weighted by atomic mass is 16.3. The number of amides is 2. The summed E-state index contributed by atoms with van der Waals surface area (Å²) < 4.78 is 1.93. The number of rotatable bonds is 7. The molecule has 2 heterocycles. The molecule has 1 saturated carbocycles. The minimum Gasteiger partial charge on any atom is -0.384 e. The molecule has 2 N–H and O–H groups in total. The summed E-state index contributed by atoms with van der Waals surface area (Å²) in [4.78, 5) is 25.4. The van der Waals surface area contributed by atoms with E-state index in [0.717, 1.165) is 31.5 Å². The van der Waals surface area contributed by atoms with Crippen molar-refractivity contribution in [2.75, 3.05) is 19.6 Å². The average Bonchev–Trinajstić information content (AvgIpc) is 3.30. The number of carbonyl (C=O) groups is 2. The summed E-state index contributed by atoms with van der Waals surface area (Å²) in [7, 11) is 0. The van der Waals surface area contributed by atoms with Crippen LogP contribution in [-0.2, 0) is 11.3 Å². The van der Waals surface area contributed by atoms with E-state index in [2.05, 4.69) is 23.9 Å². The minimum atomic E-state index is -1.06. The van der Waals surface area contributed by atoms with Crippen molar-refractivity contribution in [2.45, 2.75) is 44.2 Å². The van der Waals surface area contributed by atoms with Gasteiger partial charge in [-0.3, -0.25) is 14.3 Å². The molecule has 0 aromatic carbocycles. The minimum absolute atomic E-state index is 0.121. The fourth-order valence-electron chi connectivity index (χ4n) is 3.15. The molecule has 0 radical (unpaired) electrons. The van der Waals surface area contributed by atoms with Gasteiger partial charge in [-0.1, -0.05) is 13.5 Å². The summed E-state index contributed by atoms with van der Waals surface area (Å²) >= 11 is 0. The number of nitrogens with one attached hydrogen (secondary N) is 1. The van der Waals surface area contributed by atoms with Gasteiger partial charge in [0.1, 0.15) is 5.60 Å². The zero-order valence-corrected chi connectivity index (χ0v) is 14.0. The van der Waals surface area contributed by atoms with Crippen molar-refractivity contribution >= 4 is 11.8 Å². The molecule has 0 bridgehead atoms. The number of aryl methyl sites for hydroxylation is 1.